The first-order valence-electron chi connectivity index (χ1n) is 7.68. The van der Waals surface area contributed by atoms with Crippen LogP contribution >= 0.6 is 0 Å². The van der Waals surface area contributed by atoms with Gasteiger partial charge in [-0.05, 0) is 43.3 Å². The highest BCUT2D eigenvalue weighted by Crippen LogP contribution is 2.24. The minimum atomic E-state index is -0.343. The SMILES string of the molecule is Cc1nc(C(=O)Nc2cccc(Oc3ccccc3)c2)ccc1C#N. The van der Waals surface area contributed by atoms with E-state index in [2.05, 4.69) is 10.3 Å². The largest absolute Gasteiger partial charge is 0.457 e. The number of rotatable bonds is 4. The number of carbonyl (C=O) groups excluding carboxylic acids is 1. The highest BCUT2D eigenvalue weighted by molar-refractivity contribution is 6.03. The molecule has 0 bridgehead atoms. The van der Waals surface area contributed by atoms with Crippen LogP contribution in [0.2, 0.25) is 0 Å². The summed E-state index contributed by atoms with van der Waals surface area (Å²) in [5, 5.41) is 11.7. The van der Waals surface area contributed by atoms with Crippen LogP contribution in [-0.2, 0) is 0 Å². The Hall–Kier alpha value is -3.65. The lowest BCUT2D eigenvalue weighted by Crippen LogP contribution is -2.14. The first-order chi connectivity index (χ1) is 12.2. The summed E-state index contributed by atoms with van der Waals surface area (Å²) in [6.07, 6.45) is 0. The average Bonchev–Trinajstić information content (AvgIpc) is 2.63. The molecule has 0 aliphatic heterocycles. The molecule has 3 rings (SSSR count). The predicted octanol–water partition coefficient (Wildman–Crippen LogP) is 4.31. The Balaban J connectivity index is 1.74. The van der Waals surface area contributed by atoms with Crippen LogP contribution in [0.4, 0.5) is 5.69 Å². The number of hydrogen-bond donors (Lipinski definition) is 1. The van der Waals surface area contributed by atoms with Crippen molar-refractivity contribution < 1.29 is 9.53 Å². The van der Waals surface area contributed by atoms with Gasteiger partial charge in [-0.2, -0.15) is 5.26 Å². The molecule has 1 heterocycles. The third kappa shape index (κ3) is 4.01. The second kappa shape index (κ2) is 7.28. The summed E-state index contributed by atoms with van der Waals surface area (Å²) in [6.45, 7) is 1.70. The lowest BCUT2D eigenvalue weighted by molar-refractivity contribution is 0.102. The van der Waals surface area contributed by atoms with Crippen LogP contribution in [0.15, 0.2) is 66.7 Å². The van der Waals surface area contributed by atoms with Crippen molar-refractivity contribution >= 4 is 11.6 Å². The second-order valence-corrected chi connectivity index (χ2v) is 5.34. The summed E-state index contributed by atoms with van der Waals surface area (Å²) in [5.41, 5.74) is 1.83. The Kier molecular flexibility index (Phi) is 4.72. The van der Waals surface area contributed by atoms with Crippen LogP contribution in [-0.4, -0.2) is 10.9 Å². The lowest BCUT2D eigenvalue weighted by atomic mass is 10.2. The molecule has 0 saturated heterocycles. The number of para-hydroxylation sites is 1. The van der Waals surface area contributed by atoms with Gasteiger partial charge in [0.1, 0.15) is 23.3 Å². The van der Waals surface area contributed by atoms with Crippen LogP contribution in [0.3, 0.4) is 0 Å². The normalized spacial score (nSPS) is 9.92. The van der Waals surface area contributed by atoms with Crippen molar-refractivity contribution in [2.75, 3.05) is 5.32 Å². The Bertz CT molecular complexity index is 947. The minimum Gasteiger partial charge on any atom is -0.457 e. The number of nitriles is 1. The van der Waals surface area contributed by atoms with Gasteiger partial charge in [-0.1, -0.05) is 24.3 Å². The fraction of sp³-hybridized carbons (Fsp3) is 0.0500. The number of nitrogens with zero attached hydrogens (tertiary/aromatic N) is 2. The quantitative estimate of drug-likeness (QED) is 0.774. The number of pyridine rings is 1. The molecular weight excluding hydrogens is 314 g/mol. The minimum absolute atomic E-state index is 0.255. The van der Waals surface area contributed by atoms with Gasteiger partial charge < -0.3 is 10.1 Å². The lowest BCUT2D eigenvalue weighted by Gasteiger charge is -2.09. The molecule has 25 heavy (non-hydrogen) atoms. The van der Waals surface area contributed by atoms with Crippen molar-refractivity contribution in [2.45, 2.75) is 6.92 Å². The molecule has 0 atom stereocenters. The molecule has 1 aromatic heterocycles. The summed E-state index contributed by atoms with van der Waals surface area (Å²) in [6, 6.07) is 21.7. The summed E-state index contributed by atoms with van der Waals surface area (Å²) in [7, 11) is 0. The fourth-order valence-corrected chi connectivity index (χ4v) is 2.26. The van der Waals surface area contributed by atoms with Crippen molar-refractivity contribution in [3.8, 4) is 17.6 Å². The molecule has 0 fully saturated rings. The van der Waals surface area contributed by atoms with Gasteiger partial charge in [-0.3, -0.25) is 4.79 Å². The van der Waals surface area contributed by atoms with E-state index in [-0.39, 0.29) is 11.6 Å². The molecule has 3 aromatic rings. The molecule has 5 heteroatoms. The van der Waals surface area contributed by atoms with Gasteiger partial charge in [0.15, 0.2) is 0 Å². The molecule has 5 nitrogen and oxygen atoms in total. The van der Waals surface area contributed by atoms with Crippen LogP contribution in [0.5, 0.6) is 11.5 Å². The van der Waals surface area contributed by atoms with E-state index in [1.54, 1.807) is 31.2 Å². The van der Waals surface area contributed by atoms with Crippen LogP contribution in [0, 0.1) is 18.3 Å². The number of ether oxygens (including phenoxy) is 1. The zero-order valence-corrected chi connectivity index (χ0v) is 13.6. The van der Waals surface area contributed by atoms with E-state index in [0.29, 0.717) is 22.7 Å². The number of aromatic nitrogens is 1. The summed E-state index contributed by atoms with van der Waals surface area (Å²) in [4.78, 5) is 16.5. The van der Waals surface area contributed by atoms with E-state index < -0.39 is 0 Å². The van der Waals surface area contributed by atoms with E-state index in [0.717, 1.165) is 5.75 Å². The fourth-order valence-electron chi connectivity index (χ4n) is 2.26. The number of amides is 1. The molecule has 0 unspecified atom stereocenters. The van der Waals surface area contributed by atoms with Gasteiger partial charge in [0.2, 0.25) is 0 Å². The molecular formula is C20H15N3O2. The highest BCUT2D eigenvalue weighted by Gasteiger charge is 2.10. The van der Waals surface area contributed by atoms with Gasteiger partial charge in [-0.15, -0.1) is 0 Å². The van der Waals surface area contributed by atoms with Gasteiger partial charge in [0.05, 0.1) is 11.3 Å². The molecule has 0 spiro atoms. The number of hydrogen-bond acceptors (Lipinski definition) is 4. The number of nitrogens with one attached hydrogen (secondary N) is 1. The summed E-state index contributed by atoms with van der Waals surface area (Å²) >= 11 is 0. The number of aryl methyl sites for hydroxylation is 1. The molecule has 0 aliphatic rings. The zero-order valence-electron chi connectivity index (χ0n) is 13.6. The third-order valence-corrected chi connectivity index (χ3v) is 3.51. The number of anilines is 1. The predicted molar refractivity (Wildman–Crippen MR) is 94.6 cm³/mol. The molecule has 122 valence electrons. The standard InChI is InChI=1S/C20H15N3O2/c1-14-15(13-21)10-11-19(22-14)20(24)23-16-6-5-9-18(12-16)25-17-7-3-2-4-8-17/h2-12H,1H3,(H,23,24). The number of benzene rings is 2. The third-order valence-electron chi connectivity index (χ3n) is 3.51. The maximum atomic E-state index is 12.3. The van der Waals surface area contributed by atoms with E-state index in [4.69, 9.17) is 10.00 Å². The Labute approximate surface area is 145 Å². The van der Waals surface area contributed by atoms with E-state index in [1.807, 2.05) is 42.5 Å². The van der Waals surface area contributed by atoms with Gasteiger partial charge in [0.25, 0.3) is 5.91 Å². The first-order valence-corrected chi connectivity index (χ1v) is 7.68. The first kappa shape index (κ1) is 16.2. The van der Waals surface area contributed by atoms with Crippen molar-refractivity contribution in [3.63, 3.8) is 0 Å². The van der Waals surface area contributed by atoms with Crippen LogP contribution in [0.1, 0.15) is 21.7 Å². The summed E-state index contributed by atoms with van der Waals surface area (Å²) < 4.78 is 5.75. The van der Waals surface area contributed by atoms with Crippen molar-refractivity contribution in [2.24, 2.45) is 0 Å². The Morgan fingerprint density at radius 3 is 2.52 bits per heavy atom. The molecule has 0 aliphatic carbocycles. The second-order valence-electron chi connectivity index (χ2n) is 5.34. The zero-order chi connectivity index (χ0) is 17.6. The maximum absolute atomic E-state index is 12.3. The van der Waals surface area contributed by atoms with Crippen molar-refractivity contribution in [3.05, 3.63) is 83.7 Å². The van der Waals surface area contributed by atoms with Gasteiger partial charge in [-0.25, -0.2) is 4.98 Å². The van der Waals surface area contributed by atoms with Gasteiger partial charge in [0, 0.05) is 11.8 Å². The molecule has 2 aromatic carbocycles. The molecule has 0 saturated carbocycles. The topological polar surface area (TPSA) is 75.0 Å². The van der Waals surface area contributed by atoms with Crippen LogP contribution in [0.25, 0.3) is 0 Å². The Morgan fingerprint density at radius 2 is 1.80 bits per heavy atom. The monoisotopic (exact) mass is 329 g/mol. The maximum Gasteiger partial charge on any atom is 0.274 e. The van der Waals surface area contributed by atoms with E-state index in [1.165, 1.54) is 6.07 Å². The van der Waals surface area contributed by atoms with Gasteiger partial charge >= 0.3 is 0 Å². The number of carbonyl (C=O) groups is 1. The highest BCUT2D eigenvalue weighted by atomic mass is 16.5. The van der Waals surface area contributed by atoms with Crippen LogP contribution < -0.4 is 10.1 Å². The smallest absolute Gasteiger partial charge is 0.274 e. The molecule has 0 radical (unpaired) electrons. The summed E-state index contributed by atoms with van der Waals surface area (Å²) in [5.74, 6) is 0.993. The molecule has 1 N–H and O–H groups in total. The molecule has 1 amide bonds. The van der Waals surface area contributed by atoms with E-state index in [9.17, 15) is 4.79 Å². The van der Waals surface area contributed by atoms with E-state index >= 15 is 0 Å². The van der Waals surface area contributed by atoms with Crippen molar-refractivity contribution in [1.29, 1.82) is 5.26 Å². The van der Waals surface area contributed by atoms with Crippen molar-refractivity contribution in [1.82, 2.24) is 4.98 Å². The average molecular weight is 329 g/mol. The Morgan fingerprint density at radius 1 is 1.04 bits per heavy atom.